The van der Waals surface area contributed by atoms with Crippen LogP contribution in [0.15, 0.2) is 24.3 Å². The van der Waals surface area contributed by atoms with Gasteiger partial charge in [0.1, 0.15) is 5.38 Å². The molecule has 0 radical (unpaired) electrons. The molecule has 1 rings (SSSR count). The first-order chi connectivity index (χ1) is 8.95. The Morgan fingerprint density at radius 3 is 2.32 bits per heavy atom. The molecule has 0 aliphatic rings. The van der Waals surface area contributed by atoms with Crippen molar-refractivity contribution in [2.75, 3.05) is 13.7 Å². The maximum atomic E-state index is 11.8. The van der Waals surface area contributed by atoms with Crippen LogP contribution in [0.1, 0.15) is 35.7 Å². The summed E-state index contributed by atoms with van der Waals surface area (Å²) in [5.41, 5.74) is 1.71. The van der Waals surface area contributed by atoms with Gasteiger partial charge in [-0.05, 0) is 23.6 Å². The summed E-state index contributed by atoms with van der Waals surface area (Å²) in [5, 5.41) is 1.72. The first kappa shape index (κ1) is 15.5. The van der Waals surface area contributed by atoms with Crippen molar-refractivity contribution in [3.8, 4) is 0 Å². The zero-order chi connectivity index (χ0) is 14.4. The van der Waals surface area contributed by atoms with Crippen molar-refractivity contribution in [3.63, 3.8) is 0 Å². The van der Waals surface area contributed by atoms with Gasteiger partial charge in [-0.25, -0.2) is 0 Å². The van der Waals surface area contributed by atoms with Gasteiger partial charge in [0.05, 0.1) is 7.11 Å². The number of ether oxygens (including phenoxy) is 1. The predicted octanol–water partition coefficient (Wildman–Crippen LogP) is 2.32. The average Bonchev–Trinajstić information content (AvgIpc) is 2.43. The van der Waals surface area contributed by atoms with Crippen LogP contribution >= 0.6 is 11.6 Å². The number of hydrogen-bond donors (Lipinski definition) is 1. The molecular weight excluding hydrogens is 266 g/mol. The number of halogens is 1. The van der Waals surface area contributed by atoms with Crippen molar-refractivity contribution in [1.29, 1.82) is 0 Å². The second kappa shape index (κ2) is 7.14. The molecule has 1 aromatic carbocycles. The number of benzene rings is 1. The molecule has 0 saturated heterocycles. The topological polar surface area (TPSA) is 55.4 Å². The van der Waals surface area contributed by atoms with E-state index in [-0.39, 0.29) is 12.5 Å². The third-order valence-electron chi connectivity index (χ3n) is 2.74. The minimum atomic E-state index is -0.871. The molecule has 19 heavy (non-hydrogen) atoms. The van der Waals surface area contributed by atoms with Crippen molar-refractivity contribution in [3.05, 3.63) is 35.4 Å². The third kappa shape index (κ3) is 4.56. The van der Waals surface area contributed by atoms with Crippen molar-refractivity contribution < 1.29 is 14.3 Å². The highest BCUT2D eigenvalue weighted by molar-refractivity contribution is 6.30. The Labute approximate surface area is 118 Å². The second-order valence-corrected chi connectivity index (χ2v) is 5.00. The highest BCUT2D eigenvalue weighted by Crippen LogP contribution is 2.14. The summed E-state index contributed by atoms with van der Waals surface area (Å²) in [5.74, 6) is -0.398. The lowest BCUT2D eigenvalue weighted by molar-refractivity contribution is -0.140. The van der Waals surface area contributed by atoms with E-state index < -0.39 is 11.3 Å². The van der Waals surface area contributed by atoms with Crippen LogP contribution in [0.4, 0.5) is 0 Å². The summed E-state index contributed by atoms with van der Waals surface area (Å²) in [4.78, 5) is 22.9. The zero-order valence-electron chi connectivity index (χ0n) is 11.3. The van der Waals surface area contributed by atoms with Crippen LogP contribution < -0.4 is 5.32 Å². The number of carbonyl (C=O) groups excluding carboxylic acids is 2. The SMILES string of the molecule is COC(=O)C(Cl)CNC(=O)c1ccc(C(C)C)cc1. The zero-order valence-corrected chi connectivity index (χ0v) is 12.0. The van der Waals surface area contributed by atoms with Gasteiger partial charge in [0.15, 0.2) is 0 Å². The van der Waals surface area contributed by atoms with Gasteiger partial charge in [0.25, 0.3) is 5.91 Å². The number of methoxy groups -OCH3 is 1. The Balaban J connectivity index is 2.56. The molecule has 1 unspecified atom stereocenters. The van der Waals surface area contributed by atoms with Crippen LogP contribution in [0.2, 0.25) is 0 Å². The number of amides is 1. The third-order valence-corrected chi connectivity index (χ3v) is 3.07. The summed E-state index contributed by atoms with van der Waals surface area (Å²) in [6.07, 6.45) is 0. The smallest absolute Gasteiger partial charge is 0.325 e. The van der Waals surface area contributed by atoms with Crippen LogP contribution in [-0.4, -0.2) is 30.9 Å². The lowest BCUT2D eigenvalue weighted by atomic mass is 10.0. The summed E-state index contributed by atoms with van der Waals surface area (Å²) in [6, 6.07) is 7.34. The average molecular weight is 284 g/mol. The molecule has 4 nitrogen and oxygen atoms in total. The normalized spacial score (nSPS) is 12.1. The highest BCUT2D eigenvalue weighted by Gasteiger charge is 2.17. The number of alkyl halides is 1. The van der Waals surface area contributed by atoms with E-state index in [0.717, 1.165) is 0 Å². The van der Waals surface area contributed by atoms with Crippen molar-refractivity contribution in [2.24, 2.45) is 0 Å². The molecule has 0 heterocycles. The fourth-order valence-electron chi connectivity index (χ4n) is 1.51. The number of hydrogen-bond acceptors (Lipinski definition) is 3. The maximum Gasteiger partial charge on any atom is 0.325 e. The maximum absolute atomic E-state index is 11.8. The van der Waals surface area contributed by atoms with E-state index in [1.54, 1.807) is 12.1 Å². The number of rotatable bonds is 5. The quantitative estimate of drug-likeness (QED) is 0.666. The predicted molar refractivity (Wildman–Crippen MR) is 74.5 cm³/mol. The van der Waals surface area contributed by atoms with E-state index in [4.69, 9.17) is 11.6 Å². The van der Waals surface area contributed by atoms with Gasteiger partial charge >= 0.3 is 5.97 Å². The minimum absolute atomic E-state index is 0.0407. The van der Waals surface area contributed by atoms with Gasteiger partial charge in [-0.2, -0.15) is 0 Å². The van der Waals surface area contributed by atoms with Crippen molar-refractivity contribution >= 4 is 23.5 Å². The van der Waals surface area contributed by atoms with E-state index in [1.807, 2.05) is 12.1 Å². The summed E-state index contributed by atoms with van der Waals surface area (Å²) < 4.78 is 4.47. The molecule has 0 aromatic heterocycles. The van der Waals surface area contributed by atoms with E-state index in [0.29, 0.717) is 11.5 Å². The summed E-state index contributed by atoms with van der Waals surface area (Å²) in [7, 11) is 1.25. The molecule has 1 aromatic rings. The summed E-state index contributed by atoms with van der Waals surface area (Å²) >= 11 is 5.74. The van der Waals surface area contributed by atoms with Crippen LogP contribution in [0.5, 0.6) is 0 Å². The second-order valence-electron chi connectivity index (χ2n) is 4.48. The molecule has 104 valence electrons. The number of nitrogens with one attached hydrogen (secondary N) is 1. The van der Waals surface area contributed by atoms with E-state index in [2.05, 4.69) is 23.9 Å². The first-order valence-corrected chi connectivity index (χ1v) is 6.49. The van der Waals surface area contributed by atoms with E-state index >= 15 is 0 Å². The number of esters is 1. The van der Waals surface area contributed by atoms with Crippen molar-refractivity contribution in [1.82, 2.24) is 5.32 Å². The number of carbonyl (C=O) groups is 2. The van der Waals surface area contributed by atoms with Gasteiger partial charge in [-0.15, -0.1) is 11.6 Å². The van der Waals surface area contributed by atoms with Crippen LogP contribution in [0, 0.1) is 0 Å². The fourth-order valence-corrected chi connectivity index (χ4v) is 1.68. The molecule has 0 saturated carbocycles. The van der Waals surface area contributed by atoms with E-state index in [1.165, 1.54) is 12.7 Å². The van der Waals surface area contributed by atoms with Gasteiger partial charge < -0.3 is 10.1 Å². The van der Waals surface area contributed by atoms with Crippen LogP contribution in [-0.2, 0) is 9.53 Å². The highest BCUT2D eigenvalue weighted by atomic mass is 35.5. The van der Waals surface area contributed by atoms with Crippen LogP contribution in [0.25, 0.3) is 0 Å². The molecule has 1 amide bonds. The fraction of sp³-hybridized carbons (Fsp3) is 0.429. The van der Waals surface area contributed by atoms with Gasteiger partial charge in [-0.3, -0.25) is 9.59 Å². The molecule has 0 spiro atoms. The molecule has 0 fully saturated rings. The standard InChI is InChI=1S/C14H18ClNO3/c1-9(2)10-4-6-11(7-5-10)13(17)16-8-12(15)14(18)19-3/h4-7,9,12H,8H2,1-3H3,(H,16,17). The Morgan fingerprint density at radius 1 is 1.26 bits per heavy atom. The lowest BCUT2D eigenvalue weighted by Crippen LogP contribution is -2.34. The Bertz CT molecular complexity index is 443. The summed E-state index contributed by atoms with van der Waals surface area (Å²) in [6.45, 7) is 4.21. The van der Waals surface area contributed by atoms with Gasteiger partial charge in [-0.1, -0.05) is 26.0 Å². The Morgan fingerprint density at radius 2 is 1.84 bits per heavy atom. The lowest BCUT2D eigenvalue weighted by Gasteiger charge is -2.10. The molecule has 0 aliphatic carbocycles. The Hall–Kier alpha value is -1.55. The van der Waals surface area contributed by atoms with Crippen molar-refractivity contribution in [2.45, 2.75) is 25.1 Å². The Kier molecular flexibility index (Phi) is 5.83. The molecule has 0 aliphatic heterocycles. The molecular formula is C14H18ClNO3. The monoisotopic (exact) mass is 283 g/mol. The van der Waals surface area contributed by atoms with Gasteiger partial charge in [0.2, 0.25) is 0 Å². The van der Waals surface area contributed by atoms with E-state index in [9.17, 15) is 9.59 Å². The molecule has 5 heteroatoms. The molecule has 0 bridgehead atoms. The largest absolute Gasteiger partial charge is 0.468 e. The van der Waals surface area contributed by atoms with Crippen LogP contribution in [0.3, 0.4) is 0 Å². The van der Waals surface area contributed by atoms with Gasteiger partial charge in [0, 0.05) is 12.1 Å². The molecule has 1 N–H and O–H groups in total. The molecule has 1 atom stereocenters. The minimum Gasteiger partial charge on any atom is -0.468 e. The first-order valence-electron chi connectivity index (χ1n) is 6.05.